The van der Waals surface area contributed by atoms with Gasteiger partial charge in [-0.15, -0.1) is 11.3 Å². The molecular weight excluding hydrogens is 414 g/mol. The van der Waals surface area contributed by atoms with Crippen molar-refractivity contribution in [2.24, 2.45) is 0 Å². The third-order valence-electron chi connectivity index (χ3n) is 3.97. The van der Waals surface area contributed by atoms with Crippen molar-refractivity contribution < 1.29 is 19.2 Å². The quantitative estimate of drug-likeness (QED) is 0.305. The maximum Gasteiger partial charge on any atom is 0.348 e. The lowest BCUT2D eigenvalue weighted by molar-refractivity contribution is -0.380. The molecule has 0 bridgehead atoms. The molecular formula is C19H17N3O5S2. The third-order valence-corrected chi connectivity index (χ3v) is 5.86. The molecule has 0 saturated heterocycles. The standard InChI is InChI=1S/C19H17N3O5S2/c1-3-13-4-6-15(7-5-13)21(12(2)23)19-20-14(11-28-19)10-27-18(24)16-8-9-17(29-16)22(25)26/h4-9,11H,3,10H2,1-2H3. The summed E-state index contributed by atoms with van der Waals surface area (Å²) in [5.74, 6) is -0.839. The van der Waals surface area contributed by atoms with Gasteiger partial charge in [-0.1, -0.05) is 30.4 Å². The second-order valence-electron chi connectivity index (χ2n) is 5.97. The van der Waals surface area contributed by atoms with Gasteiger partial charge in [0.25, 0.3) is 0 Å². The normalized spacial score (nSPS) is 10.6. The van der Waals surface area contributed by atoms with Crippen molar-refractivity contribution in [1.82, 2.24) is 4.98 Å². The Bertz CT molecular complexity index is 1040. The summed E-state index contributed by atoms with van der Waals surface area (Å²) in [5.41, 5.74) is 2.36. The van der Waals surface area contributed by atoms with Gasteiger partial charge in [-0.2, -0.15) is 0 Å². The van der Waals surface area contributed by atoms with E-state index >= 15 is 0 Å². The topological polar surface area (TPSA) is 103 Å². The minimum absolute atomic E-state index is 0.0957. The number of hydrogen-bond donors (Lipinski definition) is 0. The van der Waals surface area contributed by atoms with E-state index in [1.807, 2.05) is 24.3 Å². The number of thiazole rings is 1. The summed E-state index contributed by atoms with van der Waals surface area (Å²) in [7, 11) is 0. The minimum Gasteiger partial charge on any atom is -0.455 e. The van der Waals surface area contributed by atoms with Crippen LogP contribution in [0.4, 0.5) is 15.8 Å². The SMILES string of the molecule is CCc1ccc(N(C(C)=O)c2nc(COC(=O)c3ccc([N+](=O)[O-])s3)cs2)cc1. The van der Waals surface area contributed by atoms with Gasteiger partial charge in [0.1, 0.15) is 11.5 Å². The van der Waals surface area contributed by atoms with E-state index in [1.165, 1.54) is 35.3 Å². The Morgan fingerprint density at radius 2 is 1.93 bits per heavy atom. The third kappa shape index (κ3) is 4.84. The molecule has 3 rings (SSSR count). The second kappa shape index (κ2) is 8.93. The van der Waals surface area contributed by atoms with Crippen LogP contribution in [-0.2, 0) is 22.6 Å². The van der Waals surface area contributed by atoms with Crippen molar-refractivity contribution in [2.75, 3.05) is 4.90 Å². The zero-order valence-corrected chi connectivity index (χ0v) is 17.3. The van der Waals surface area contributed by atoms with Crippen LogP contribution in [0.5, 0.6) is 0 Å². The van der Waals surface area contributed by atoms with Gasteiger partial charge in [-0.3, -0.25) is 19.8 Å². The van der Waals surface area contributed by atoms with Crippen LogP contribution in [0.3, 0.4) is 0 Å². The number of carbonyl (C=O) groups excluding carboxylic acids is 2. The molecule has 0 N–H and O–H groups in total. The molecule has 0 radical (unpaired) electrons. The van der Waals surface area contributed by atoms with E-state index in [1.54, 1.807) is 5.38 Å². The molecule has 0 spiro atoms. The van der Waals surface area contributed by atoms with Crippen LogP contribution < -0.4 is 4.90 Å². The summed E-state index contributed by atoms with van der Waals surface area (Å²) in [6.07, 6.45) is 0.903. The molecule has 29 heavy (non-hydrogen) atoms. The van der Waals surface area contributed by atoms with Gasteiger partial charge in [0, 0.05) is 18.4 Å². The average Bonchev–Trinajstić information content (AvgIpc) is 3.37. The first-order valence-electron chi connectivity index (χ1n) is 8.64. The van der Waals surface area contributed by atoms with Gasteiger partial charge in [0.05, 0.1) is 16.3 Å². The summed E-state index contributed by atoms with van der Waals surface area (Å²) >= 11 is 2.02. The number of hydrogen-bond acceptors (Lipinski definition) is 8. The minimum atomic E-state index is -0.656. The number of benzene rings is 1. The molecule has 2 aromatic heterocycles. The Hall–Kier alpha value is -3.11. The first-order chi connectivity index (χ1) is 13.9. The summed E-state index contributed by atoms with van der Waals surface area (Å²) in [6.45, 7) is 3.42. The Morgan fingerprint density at radius 1 is 1.21 bits per heavy atom. The van der Waals surface area contributed by atoms with Crippen LogP contribution in [0.1, 0.15) is 34.8 Å². The molecule has 150 valence electrons. The fourth-order valence-corrected chi connectivity index (χ4v) is 4.10. The maximum atomic E-state index is 12.2. The number of ether oxygens (including phenoxy) is 1. The lowest BCUT2D eigenvalue weighted by atomic mass is 10.1. The van der Waals surface area contributed by atoms with Gasteiger partial charge in [-0.05, 0) is 30.2 Å². The molecule has 1 amide bonds. The van der Waals surface area contributed by atoms with Crippen molar-refractivity contribution >= 4 is 50.4 Å². The van der Waals surface area contributed by atoms with E-state index < -0.39 is 10.9 Å². The second-order valence-corrected chi connectivity index (χ2v) is 7.87. The van der Waals surface area contributed by atoms with Crippen molar-refractivity contribution in [3.05, 3.63) is 68.0 Å². The number of nitrogens with zero attached hydrogens (tertiary/aromatic N) is 3. The van der Waals surface area contributed by atoms with E-state index in [9.17, 15) is 19.7 Å². The van der Waals surface area contributed by atoms with Gasteiger partial charge in [-0.25, -0.2) is 9.78 Å². The Kier molecular flexibility index (Phi) is 6.35. The highest BCUT2D eigenvalue weighted by Crippen LogP contribution is 2.30. The smallest absolute Gasteiger partial charge is 0.348 e. The molecule has 0 unspecified atom stereocenters. The number of esters is 1. The van der Waals surface area contributed by atoms with Crippen LogP contribution in [0.15, 0.2) is 41.8 Å². The number of aryl methyl sites for hydroxylation is 1. The van der Waals surface area contributed by atoms with Crippen LogP contribution in [0.2, 0.25) is 0 Å². The number of rotatable bonds is 7. The van der Waals surface area contributed by atoms with E-state index in [2.05, 4.69) is 11.9 Å². The molecule has 1 aromatic carbocycles. The van der Waals surface area contributed by atoms with E-state index in [4.69, 9.17) is 4.74 Å². The van der Waals surface area contributed by atoms with Gasteiger partial charge in [0.2, 0.25) is 5.91 Å². The number of anilines is 2. The molecule has 8 nitrogen and oxygen atoms in total. The average molecular weight is 431 g/mol. The van der Waals surface area contributed by atoms with Gasteiger partial charge in [0.15, 0.2) is 5.13 Å². The van der Waals surface area contributed by atoms with Crippen LogP contribution in [0, 0.1) is 10.1 Å². The van der Waals surface area contributed by atoms with Crippen LogP contribution in [0.25, 0.3) is 0 Å². The van der Waals surface area contributed by atoms with Crippen molar-refractivity contribution in [3.63, 3.8) is 0 Å². The molecule has 0 saturated carbocycles. The van der Waals surface area contributed by atoms with E-state index in [0.29, 0.717) is 16.5 Å². The molecule has 2 heterocycles. The van der Waals surface area contributed by atoms with E-state index in [-0.39, 0.29) is 22.4 Å². The van der Waals surface area contributed by atoms with Crippen LogP contribution >= 0.6 is 22.7 Å². The molecule has 0 aliphatic carbocycles. The number of thiophene rings is 1. The Morgan fingerprint density at radius 3 is 2.52 bits per heavy atom. The van der Waals surface area contributed by atoms with Crippen molar-refractivity contribution in [1.29, 1.82) is 0 Å². The van der Waals surface area contributed by atoms with Crippen molar-refractivity contribution in [2.45, 2.75) is 26.9 Å². The van der Waals surface area contributed by atoms with E-state index in [0.717, 1.165) is 23.3 Å². The lowest BCUT2D eigenvalue weighted by Gasteiger charge is -2.18. The maximum absolute atomic E-state index is 12.2. The Balaban J connectivity index is 1.70. The predicted octanol–water partition coefficient (Wildman–Crippen LogP) is 4.72. The number of amides is 1. The lowest BCUT2D eigenvalue weighted by Crippen LogP contribution is -2.22. The molecule has 0 aliphatic rings. The molecule has 0 atom stereocenters. The molecule has 3 aromatic rings. The monoisotopic (exact) mass is 431 g/mol. The zero-order valence-electron chi connectivity index (χ0n) is 15.7. The zero-order chi connectivity index (χ0) is 21.0. The van der Waals surface area contributed by atoms with Gasteiger partial charge >= 0.3 is 11.0 Å². The Labute approximate surface area is 174 Å². The first-order valence-corrected chi connectivity index (χ1v) is 10.3. The fourth-order valence-electron chi connectivity index (χ4n) is 2.52. The summed E-state index contributed by atoms with van der Waals surface area (Å²) in [4.78, 5) is 40.4. The van der Waals surface area contributed by atoms with Gasteiger partial charge < -0.3 is 4.74 Å². The summed E-state index contributed by atoms with van der Waals surface area (Å²) < 4.78 is 5.19. The number of aromatic nitrogens is 1. The first kappa shape index (κ1) is 20.6. The highest BCUT2D eigenvalue weighted by Gasteiger charge is 2.20. The highest BCUT2D eigenvalue weighted by atomic mass is 32.1. The summed E-state index contributed by atoms with van der Waals surface area (Å²) in [6, 6.07) is 10.3. The predicted molar refractivity (Wildman–Crippen MR) is 111 cm³/mol. The fraction of sp³-hybridized carbons (Fsp3) is 0.211. The molecule has 0 aliphatic heterocycles. The number of carbonyl (C=O) groups is 2. The van der Waals surface area contributed by atoms with Crippen molar-refractivity contribution in [3.8, 4) is 0 Å². The molecule has 10 heteroatoms. The number of nitro groups is 1. The summed E-state index contributed by atoms with van der Waals surface area (Å²) in [5, 5.41) is 12.8. The highest BCUT2D eigenvalue weighted by molar-refractivity contribution is 7.17. The largest absolute Gasteiger partial charge is 0.455 e. The van der Waals surface area contributed by atoms with Crippen LogP contribution in [-0.4, -0.2) is 21.8 Å². The molecule has 0 fully saturated rings.